The molecule has 1 aromatic carbocycles. The average molecular weight is 1370 g/mol. The quantitative estimate of drug-likeness (QED) is 0.126. The second-order valence-electron chi connectivity index (χ2n) is 37.2. The number of hydrogen-bond donors (Lipinski definition) is 7. The van der Waals surface area contributed by atoms with Gasteiger partial charge in [0.25, 0.3) is 0 Å². The summed E-state index contributed by atoms with van der Waals surface area (Å²) >= 11 is 0. The molecule has 560 valence electrons. The predicted molar refractivity (Wildman–Crippen MR) is 413 cm³/mol. The summed E-state index contributed by atoms with van der Waals surface area (Å²) in [5.41, 5.74) is 3.16. The van der Waals surface area contributed by atoms with E-state index in [4.69, 9.17) is 9.47 Å². The number of rotatable bonds is 0. The van der Waals surface area contributed by atoms with Crippen molar-refractivity contribution in [2.45, 2.75) is 399 Å². The summed E-state index contributed by atoms with van der Waals surface area (Å²) in [6.07, 6.45) is 76.5. The smallest absolute Gasteiger partial charge is 0.0714 e. The van der Waals surface area contributed by atoms with Crippen molar-refractivity contribution in [3.63, 3.8) is 0 Å². The Morgan fingerprint density at radius 2 is 0.798 bits per heavy atom. The van der Waals surface area contributed by atoms with E-state index in [1.807, 2.05) is 0 Å². The van der Waals surface area contributed by atoms with Gasteiger partial charge < -0.3 is 51.6 Å². The number of morpholine rings is 1. The lowest BCUT2D eigenvalue weighted by Gasteiger charge is -2.40. The van der Waals surface area contributed by atoms with Crippen LogP contribution >= 0.6 is 0 Å². The third-order valence-corrected chi connectivity index (χ3v) is 29.7. The minimum absolute atomic E-state index is 0.587. The summed E-state index contributed by atoms with van der Waals surface area (Å²) in [5, 5.41) is 24.9. The zero-order valence-corrected chi connectivity index (χ0v) is 63.4. The summed E-state index contributed by atoms with van der Waals surface area (Å²) in [6, 6.07) is 18.3. The van der Waals surface area contributed by atoms with Crippen molar-refractivity contribution < 1.29 is 9.47 Å². The topological polar surface area (TPSA) is 109 Å². The predicted octanol–water partition coefficient (Wildman–Crippen LogP) is 17.1. The molecular weight excluding hydrogens is 1220 g/mol. The van der Waals surface area contributed by atoms with Gasteiger partial charge in [-0.2, -0.15) is 0 Å². The van der Waals surface area contributed by atoms with Gasteiger partial charge in [-0.05, 0) is 316 Å². The van der Waals surface area contributed by atoms with Crippen molar-refractivity contribution in [3.8, 4) is 0 Å². The lowest BCUT2D eigenvalue weighted by Crippen LogP contribution is -2.38. The Balaban J connectivity index is 0.0000000924. The fourth-order valence-corrected chi connectivity index (χ4v) is 23.7. The van der Waals surface area contributed by atoms with E-state index in [0.29, 0.717) is 24.4 Å². The first-order valence-electron chi connectivity index (χ1n) is 44.6. The second-order valence-corrected chi connectivity index (χ2v) is 37.2. The molecule has 0 amide bonds. The van der Waals surface area contributed by atoms with Crippen LogP contribution in [0.3, 0.4) is 0 Å². The maximum atomic E-state index is 5.60. The minimum atomic E-state index is 0.587. The molecule has 22 unspecified atom stereocenters. The summed E-state index contributed by atoms with van der Waals surface area (Å²) in [7, 11) is 0. The molecule has 11 heteroatoms. The van der Waals surface area contributed by atoms with Gasteiger partial charge in [-0.25, -0.2) is 0 Å². The summed E-state index contributed by atoms with van der Waals surface area (Å²) in [5.74, 6) is 8.71. The maximum absolute atomic E-state index is 5.60. The van der Waals surface area contributed by atoms with Crippen LogP contribution in [-0.4, -0.2) is 154 Å². The van der Waals surface area contributed by atoms with Gasteiger partial charge in [-0.15, -0.1) is 0 Å². The van der Waals surface area contributed by atoms with Gasteiger partial charge >= 0.3 is 0 Å². The highest BCUT2D eigenvalue weighted by Crippen LogP contribution is 2.46. The monoisotopic (exact) mass is 1370 g/mol. The molecule has 0 radical (unpaired) electrons. The fraction of sp³-hybridized carbons (Fsp3) is 0.909. The molecule has 11 nitrogen and oxygen atoms in total. The highest BCUT2D eigenvalue weighted by Gasteiger charge is 2.36. The first-order chi connectivity index (χ1) is 48.9. The van der Waals surface area contributed by atoms with E-state index in [1.165, 1.54) is 315 Å². The van der Waals surface area contributed by atoms with Crippen LogP contribution in [0.4, 0.5) is 0 Å². The number of nitrogens with one attached hydrogen (secondary N) is 7. The number of hydrogen-bond acceptors (Lipinski definition) is 11. The third-order valence-electron chi connectivity index (χ3n) is 29.7. The van der Waals surface area contributed by atoms with Crippen molar-refractivity contribution in [2.75, 3.05) is 65.5 Å². The Kier molecular flexibility index (Phi) is 29.6. The molecule has 22 atom stereocenters. The molecule has 18 aliphatic heterocycles. The van der Waals surface area contributed by atoms with Crippen molar-refractivity contribution in [3.05, 3.63) is 47.5 Å². The number of piperidine rings is 7. The van der Waals surface area contributed by atoms with Crippen LogP contribution in [0, 0.1) is 41.4 Å². The molecule has 26 aliphatic rings. The van der Waals surface area contributed by atoms with Gasteiger partial charge in [0.2, 0.25) is 0 Å². The van der Waals surface area contributed by atoms with E-state index in [2.05, 4.69) is 83.4 Å². The largest absolute Gasteiger partial charge is 0.376 e. The number of benzene rings is 1. The van der Waals surface area contributed by atoms with Gasteiger partial charge in [-0.1, -0.05) is 113 Å². The molecule has 7 N–H and O–H groups in total. The molecular formula is C88H151N9O2. The highest BCUT2D eigenvalue weighted by molar-refractivity contribution is 5.37. The SMILES string of the molecule is C1=CC2CCCC1N2.C1CC2CC(C1)C2.C1CC2CCC(C1)C2.C1CC2CCC(C1)N2.C1CC2CCC(C1)N2.C1CC2CCC(C1)N2.C1CC2CCC(C1)O2.C1CC2CCC(C2)N1.C1CC2CCN(C1)C2.C1CC2CNC(C1)C2.C1CN2CCC(C2)O1.c1ccc2c(c1)C1CCC2NC1. The van der Waals surface area contributed by atoms with Crippen molar-refractivity contribution >= 4 is 0 Å². The van der Waals surface area contributed by atoms with Gasteiger partial charge in [0.1, 0.15) is 0 Å². The maximum Gasteiger partial charge on any atom is 0.0714 e. The van der Waals surface area contributed by atoms with E-state index in [1.54, 1.807) is 68.9 Å². The van der Waals surface area contributed by atoms with Crippen LogP contribution < -0.4 is 37.2 Å². The zero-order valence-electron chi connectivity index (χ0n) is 63.4. The zero-order chi connectivity index (χ0) is 66.6. The first kappa shape index (κ1) is 74.4. The molecule has 24 bridgehead atoms. The number of ether oxygens (including phenoxy) is 2. The molecule has 1 aromatic rings. The van der Waals surface area contributed by atoms with Crippen LogP contribution in [0.5, 0.6) is 0 Å². The standard InChI is InChI=1S/C11H13N.C8H14.6C7H13N.C7H11N.C7H12O.C7H12.C6H11NO/c1-2-4-10-9(3-1)8-5-6-11(10)12-7-8;1-2-7-4-5-8(3-1)6-7;1-2-7-5-6(1)3-4-8-7;1-2-7-3-5-8(4-1)6-7;1-2-6-4-7(3-1)8-5-6;5*1-2-6-4-5-7(3-1)8-6;1-2-6-4-7(3-1)5-6;1-2-7-3-4-8-6(1)5-7/h1-4,8,11-12H,5-7H2;7-8H,1-6H2;6-8H,1-5H2;7H,1-6H2;4*6-8H,1-5H2;4-8H,1-3H2;6-7H,1-5H2;6-7H,1-5H2;6H,1-5H2. The van der Waals surface area contributed by atoms with Crippen molar-refractivity contribution in [2.24, 2.45) is 41.4 Å². The summed E-state index contributed by atoms with van der Waals surface area (Å²) in [4.78, 5) is 5.06. The molecule has 27 rings (SSSR count). The lowest BCUT2D eigenvalue weighted by molar-refractivity contribution is 0.00574. The second kappa shape index (κ2) is 39.4. The van der Waals surface area contributed by atoms with E-state index in [9.17, 15) is 0 Å². The summed E-state index contributed by atoms with van der Waals surface area (Å²) in [6.45, 7) is 12.6. The molecule has 16 saturated heterocycles. The number of fused-ring (bicyclic) bond motifs is 24. The van der Waals surface area contributed by atoms with Gasteiger partial charge in [0, 0.05) is 99.2 Å². The van der Waals surface area contributed by atoms with Crippen LogP contribution in [-0.2, 0) is 9.47 Å². The Labute approximate surface area is 606 Å². The molecule has 7 saturated carbocycles. The van der Waals surface area contributed by atoms with Crippen LogP contribution in [0.15, 0.2) is 36.4 Å². The highest BCUT2D eigenvalue weighted by atomic mass is 16.5. The van der Waals surface area contributed by atoms with Crippen molar-refractivity contribution in [1.82, 2.24) is 47.0 Å². The van der Waals surface area contributed by atoms with Crippen LogP contribution in [0.25, 0.3) is 0 Å². The molecule has 8 aliphatic carbocycles. The third kappa shape index (κ3) is 23.5. The Bertz CT molecular complexity index is 1940. The fourth-order valence-electron chi connectivity index (χ4n) is 23.7. The first-order valence-corrected chi connectivity index (χ1v) is 44.6. The Hall–Kier alpha value is -1.48. The molecule has 23 fully saturated rings. The van der Waals surface area contributed by atoms with E-state index in [0.717, 1.165) is 109 Å². The summed E-state index contributed by atoms with van der Waals surface area (Å²) < 4.78 is 11.0. The van der Waals surface area contributed by atoms with Gasteiger partial charge in [0.15, 0.2) is 0 Å². The molecule has 0 spiro atoms. The normalized spacial score (nSPS) is 43.4. The van der Waals surface area contributed by atoms with Gasteiger partial charge in [-0.3, -0.25) is 4.90 Å². The molecule has 99 heavy (non-hydrogen) atoms. The van der Waals surface area contributed by atoms with Crippen LogP contribution in [0.1, 0.15) is 331 Å². The average Bonchev–Trinajstić information content (AvgIpc) is 1.81. The molecule has 0 aromatic heterocycles. The molecule has 18 heterocycles. The van der Waals surface area contributed by atoms with Gasteiger partial charge in [0.05, 0.1) is 24.9 Å². The lowest BCUT2D eigenvalue weighted by atomic mass is 9.65. The van der Waals surface area contributed by atoms with E-state index < -0.39 is 0 Å². The van der Waals surface area contributed by atoms with Crippen LogP contribution in [0.2, 0.25) is 0 Å². The van der Waals surface area contributed by atoms with Crippen molar-refractivity contribution in [1.29, 1.82) is 0 Å². The Morgan fingerprint density at radius 3 is 1.29 bits per heavy atom. The van der Waals surface area contributed by atoms with E-state index >= 15 is 0 Å². The van der Waals surface area contributed by atoms with E-state index in [-0.39, 0.29) is 0 Å². The number of nitrogens with zero attached hydrogens (tertiary/aromatic N) is 2. The Morgan fingerprint density at radius 1 is 0.303 bits per heavy atom. The minimum Gasteiger partial charge on any atom is -0.376 e.